The molecular formula is C13H9ClN4O. The molecule has 2 aromatic heterocycles. The summed E-state index contributed by atoms with van der Waals surface area (Å²) in [5, 5.41) is 10.9. The fourth-order valence-electron chi connectivity index (χ4n) is 1.75. The fraction of sp³-hybridized carbons (Fsp3) is 0. The van der Waals surface area contributed by atoms with E-state index in [0.29, 0.717) is 16.3 Å². The van der Waals surface area contributed by atoms with Gasteiger partial charge >= 0.3 is 0 Å². The molecule has 0 saturated carbocycles. The largest absolute Gasteiger partial charge is 0.321 e. The molecule has 0 aliphatic rings. The predicted molar refractivity (Wildman–Crippen MR) is 72.4 cm³/mol. The molecule has 3 aromatic rings. The van der Waals surface area contributed by atoms with Crippen LogP contribution in [0.5, 0.6) is 0 Å². The van der Waals surface area contributed by atoms with E-state index in [1.165, 1.54) is 0 Å². The van der Waals surface area contributed by atoms with Gasteiger partial charge in [-0.25, -0.2) is 0 Å². The molecule has 94 valence electrons. The van der Waals surface area contributed by atoms with E-state index in [2.05, 4.69) is 15.5 Å². The highest BCUT2D eigenvalue weighted by atomic mass is 35.5. The highest BCUT2D eigenvalue weighted by Crippen LogP contribution is 2.17. The quantitative estimate of drug-likeness (QED) is 0.780. The zero-order chi connectivity index (χ0) is 13.2. The van der Waals surface area contributed by atoms with E-state index < -0.39 is 0 Å². The number of rotatable bonds is 2. The monoisotopic (exact) mass is 272 g/mol. The second-order valence-electron chi connectivity index (χ2n) is 3.95. The fourth-order valence-corrected chi connectivity index (χ4v) is 1.97. The lowest BCUT2D eigenvalue weighted by Crippen LogP contribution is -2.12. The van der Waals surface area contributed by atoms with Crippen molar-refractivity contribution in [2.75, 3.05) is 5.32 Å². The van der Waals surface area contributed by atoms with Gasteiger partial charge in [0.05, 0.1) is 16.3 Å². The van der Waals surface area contributed by atoms with Gasteiger partial charge in [-0.1, -0.05) is 23.7 Å². The smallest absolute Gasteiger partial charge is 0.257 e. The maximum Gasteiger partial charge on any atom is 0.257 e. The summed E-state index contributed by atoms with van der Waals surface area (Å²) in [5.74, 6) is -0.252. The van der Waals surface area contributed by atoms with E-state index in [1.54, 1.807) is 53.3 Å². The molecule has 6 heteroatoms. The third-order valence-electron chi connectivity index (χ3n) is 2.67. The van der Waals surface area contributed by atoms with Gasteiger partial charge in [0, 0.05) is 6.20 Å². The second-order valence-corrected chi connectivity index (χ2v) is 4.36. The van der Waals surface area contributed by atoms with Crippen molar-refractivity contribution in [1.29, 1.82) is 0 Å². The second kappa shape index (κ2) is 4.70. The first-order chi connectivity index (χ1) is 9.24. The van der Waals surface area contributed by atoms with Gasteiger partial charge in [0.2, 0.25) is 0 Å². The van der Waals surface area contributed by atoms with E-state index in [-0.39, 0.29) is 5.91 Å². The standard InChI is InChI=1S/C13H9ClN4O/c14-11-4-2-1-3-10(11)13(19)16-9-5-6-12-17-15-8-18(12)7-9/h1-8H,(H,16,19). The van der Waals surface area contributed by atoms with Crippen LogP contribution in [0.1, 0.15) is 10.4 Å². The van der Waals surface area contributed by atoms with Gasteiger partial charge in [0.25, 0.3) is 5.91 Å². The Morgan fingerprint density at radius 1 is 1.21 bits per heavy atom. The molecule has 19 heavy (non-hydrogen) atoms. The molecule has 0 saturated heterocycles. The molecule has 0 aliphatic heterocycles. The Hall–Kier alpha value is -2.40. The normalized spacial score (nSPS) is 10.6. The molecule has 0 spiro atoms. The van der Waals surface area contributed by atoms with Crippen LogP contribution in [0.25, 0.3) is 5.65 Å². The number of carbonyl (C=O) groups is 1. The average molecular weight is 273 g/mol. The van der Waals surface area contributed by atoms with Crippen molar-refractivity contribution in [2.24, 2.45) is 0 Å². The van der Waals surface area contributed by atoms with Crippen molar-refractivity contribution >= 4 is 28.8 Å². The van der Waals surface area contributed by atoms with Crippen LogP contribution in [-0.4, -0.2) is 20.5 Å². The number of aromatic nitrogens is 3. The number of carbonyl (C=O) groups excluding carboxylic acids is 1. The van der Waals surface area contributed by atoms with E-state index in [0.717, 1.165) is 5.65 Å². The number of fused-ring (bicyclic) bond motifs is 1. The summed E-state index contributed by atoms with van der Waals surface area (Å²) in [5.41, 5.74) is 1.81. The van der Waals surface area contributed by atoms with Crippen LogP contribution in [0, 0.1) is 0 Å². The number of nitrogens with zero attached hydrogens (tertiary/aromatic N) is 3. The molecule has 0 atom stereocenters. The Balaban J connectivity index is 1.88. The van der Waals surface area contributed by atoms with Crippen LogP contribution in [0.3, 0.4) is 0 Å². The number of benzene rings is 1. The lowest BCUT2D eigenvalue weighted by molar-refractivity contribution is 0.102. The van der Waals surface area contributed by atoms with E-state index >= 15 is 0 Å². The van der Waals surface area contributed by atoms with Crippen LogP contribution in [0.15, 0.2) is 48.9 Å². The molecule has 0 unspecified atom stereocenters. The van der Waals surface area contributed by atoms with E-state index in [4.69, 9.17) is 11.6 Å². The van der Waals surface area contributed by atoms with Crippen molar-refractivity contribution in [3.63, 3.8) is 0 Å². The molecular weight excluding hydrogens is 264 g/mol. The van der Waals surface area contributed by atoms with Gasteiger partial charge in [-0.3, -0.25) is 9.20 Å². The maximum absolute atomic E-state index is 12.1. The van der Waals surface area contributed by atoms with Crippen LogP contribution in [0.2, 0.25) is 5.02 Å². The number of amides is 1. The Bertz CT molecular complexity index is 753. The number of anilines is 1. The van der Waals surface area contributed by atoms with Gasteiger partial charge in [0.1, 0.15) is 6.33 Å². The Kier molecular flexibility index (Phi) is 2.89. The van der Waals surface area contributed by atoms with Crippen LogP contribution < -0.4 is 5.32 Å². The third kappa shape index (κ3) is 2.28. The lowest BCUT2D eigenvalue weighted by atomic mass is 10.2. The van der Waals surface area contributed by atoms with Gasteiger partial charge < -0.3 is 5.32 Å². The van der Waals surface area contributed by atoms with Gasteiger partial charge in [-0.2, -0.15) is 0 Å². The first-order valence-electron chi connectivity index (χ1n) is 5.59. The number of nitrogens with one attached hydrogen (secondary N) is 1. The molecule has 1 amide bonds. The summed E-state index contributed by atoms with van der Waals surface area (Å²) < 4.78 is 1.72. The number of hydrogen-bond acceptors (Lipinski definition) is 3. The highest BCUT2D eigenvalue weighted by molar-refractivity contribution is 6.34. The van der Waals surface area contributed by atoms with Crippen molar-refractivity contribution in [3.05, 3.63) is 59.5 Å². The Morgan fingerprint density at radius 2 is 2.05 bits per heavy atom. The molecule has 2 heterocycles. The van der Waals surface area contributed by atoms with Crippen LogP contribution >= 0.6 is 11.6 Å². The predicted octanol–water partition coefficient (Wildman–Crippen LogP) is 2.64. The zero-order valence-corrected chi connectivity index (χ0v) is 10.5. The van der Waals surface area contributed by atoms with E-state index in [1.807, 2.05) is 0 Å². The first-order valence-corrected chi connectivity index (χ1v) is 5.97. The Labute approximate surface area is 113 Å². The minimum Gasteiger partial charge on any atom is -0.321 e. The maximum atomic E-state index is 12.1. The van der Waals surface area contributed by atoms with E-state index in [9.17, 15) is 4.79 Å². The summed E-state index contributed by atoms with van der Waals surface area (Å²) in [6.45, 7) is 0. The summed E-state index contributed by atoms with van der Waals surface area (Å²) in [6, 6.07) is 10.4. The molecule has 5 nitrogen and oxygen atoms in total. The molecule has 0 radical (unpaired) electrons. The minimum atomic E-state index is -0.252. The van der Waals surface area contributed by atoms with Gasteiger partial charge in [-0.15, -0.1) is 10.2 Å². The van der Waals surface area contributed by atoms with Crippen molar-refractivity contribution < 1.29 is 4.79 Å². The molecule has 0 bridgehead atoms. The number of halogens is 1. The molecule has 1 aromatic carbocycles. The molecule has 0 aliphatic carbocycles. The minimum absolute atomic E-state index is 0.252. The Morgan fingerprint density at radius 3 is 2.89 bits per heavy atom. The summed E-state index contributed by atoms with van der Waals surface area (Å²) in [6.07, 6.45) is 3.31. The zero-order valence-electron chi connectivity index (χ0n) is 9.75. The SMILES string of the molecule is O=C(Nc1ccc2nncn2c1)c1ccccc1Cl. The topological polar surface area (TPSA) is 59.3 Å². The summed E-state index contributed by atoms with van der Waals surface area (Å²) >= 11 is 5.98. The number of pyridine rings is 1. The molecule has 3 rings (SSSR count). The van der Waals surface area contributed by atoms with Crippen molar-refractivity contribution in [3.8, 4) is 0 Å². The summed E-state index contributed by atoms with van der Waals surface area (Å²) in [7, 11) is 0. The molecule has 1 N–H and O–H groups in total. The third-order valence-corrected chi connectivity index (χ3v) is 3.00. The van der Waals surface area contributed by atoms with Crippen LogP contribution in [-0.2, 0) is 0 Å². The first kappa shape index (κ1) is 11.7. The number of hydrogen-bond donors (Lipinski definition) is 1. The lowest BCUT2D eigenvalue weighted by Gasteiger charge is -2.06. The average Bonchev–Trinajstić information content (AvgIpc) is 2.86. The van der Waals surface area contributed by atoms with Crippen molar-refractivity contribution in [1.82, 2.24) is 14.6 Å². The van der Waals surface area contributed by atoms with Crippen LogP contribution in [0.4, 0.5) is 5.69 Å². The van der Waals surface area contributed by atoms with Gasteiger partial charge in [0.15, 0.2) is 5.65 Å². The molecule has 0 fully saturated rings. The summed E-state index contributed by atoms with van der Waals surface area (Å²) in [4.78, 5) is 12.1. The highest BCUT2D eigenvalue weighted by Gasteiger charge is 2.10. The van der Waals surface area contributed by atoms with Gasteiger partial charge in [-0.05, 0) is 24.3 Å². The van der Waals surface area contributed by atoms with Crippen molar-refractivity contribution in [2.45, 2.75) is 0 Å².